The van der Waals surface area contributed by atoms with Crippen molar-refractivity contribution in [2.45, 2.75) is 0 Å². The van der Waals surface area contributed by atoms with E-state index in [0.717, 1.165) is 0 Å². The van der Waals surface area contributed by atoms with Gasteiger partial charge in [0, 0.05) is 0 Å². The van der Waals surface area contributed by atoms with Crippen LogP contribution < -0.4 is 5.49 Å². The molecule has 0 unspecified atom stereocenters. The summed E-state index contributed by atoms with van der Waals surface area (Å²) in [5, 5.41) is 7.39. The van der Waals surface area contributed by atoms with Gasteiger partial charge in [0.15, 0.2) is 16.7 Å². The molecule has 0 aliphatic rings. The van der Waals surface area contributed by atoms with Crippen LogP contribution in [0.25, 0.3) is 17.0 Å². The molecule has 0 fully saturated rings. The lowest BCUT2D eigenvalue weighted by atomic mass is 10.5. The number of H-pyrrole nitrogens is 1. The molecule has 0 aliphatic carbocycles. The first kappa shape index (κ1) is 4.89. The van der Waals surface area contributed by atoms with E-state index in [-0.39, 0.29) is 5.49 Å². The zero-order valence-corrected chi connectivity index (χ0v) is 5.33. The van der Waals surface area contributed by atoms with Crippen LogP contribution in [0.1, 0.15) is 0 Å². The molecule has 0 spiro atoms. The summed E-state index contributed by atoms with van der Waals surface area (Å²) < 4.78 is 6.50. The Bertz CT molecular complexity index is 523. The fraction of sp³-hybridized carbons (Fsp3) is 0. The SMILES string of the molecule is N=c1nc2[nH]c3ncn(o2)c13. The second-order valence-electron chi connectivity index (χ2n) is 2.25. The normalized spacial score (nSPS) is 12.0. The molecule has 54 valence electrons. The number of hydrogen-bond donors (Lipinski definition) is 2. The van der Waals surface area contributed by atoms with E-state index in [9.17, 15) is 0 Å². The van der Waals surface area contributed by atoms with Gasteiger partial charge in [-0.15, -0.1) is 0 Å². The van der Waals surface area contributed by atoms with Gasteiger partial charge >= 0.3 is 5.84 Å². The first-order valence-corrected chi connectivity index (χ1v) is 3.05. The van der Waals surface area contributed by atoms with Gasteiger partial charge in [-0.3, -0.25) is 10.4 Å². The molecule has 0 radical (unpaired) electrons. The first-order chi connectivity index (χ1) is 5.34. The van der Waals surface area contributed by atoms with E-state index in [1.54, 1.807) is 0 Å². The van der Waals surface area contributed by atoms with E-state index in [1.807, 2.05) is 0 Å². The summed E-state index contributed by atoms with van der Waals surface area (Å²) in [6, 6.07) is 0. The van der Waals surface area contributed by atoms with Crippen molar-refractivity contribution >= 4 is 17.0 Å². The van der Waals surface area contributed by atoms with Crippen LogP contribution >= 0.6 is 0 Å². The molecule has 0 atom stereocenters. The Balaban J connectivity index is 2.96. The summed E-state index contributed by atoms with van der Waals surface area (Å²) >= 11 is 0. The molecule has 0 aromatic carbocycles. The van der Waals surface area contributed by atoms with Crippen LogP contribution in [-0.2, 0) is 0 Å². The van der Waals surface area contributed by atoms with Gasteiger partial charge in [0.05, 0.1) is 0 Å². The highest BCUT2D eigenvalue weighted by molar-refractivity contribution is 5.70. The third-order valence-corrected chi connectivity index (χ3v) is 1.58. The number of aromatic nitrogens is 4. The minimum Gasteiger partial charge on any atom is -0.333 e. The molecule has 4 rings (SSSR count). The van der Waals surface area contributed by atoms with Crippen molar-refractivity contribution in [1.82, 2.24) is 19.5 Å². The quantitative estimate of drug-likeness (QED) is 0.461. The molecular weight excluding hydrogens is 146 g/mol. The molecule has 4 aromatic rings. The summed E-state index contributed by atoms with van der Waals surface area (Å²) in [4.78, 5) is 10.5. The minimum atomic E-state index is 0.192. The Hall–Kier alpha value is -1.85. The Morgan fingerprint density at radius 2 is 2.55 bits per heavy atom. The molecule has 0 saturated carbocycles. The van der Waals surface area contributed by atoms with Crippen LogP contribution in [0, 0.1) is 5.41 Å². The van der Waals surface area contributed by atoms with E-state index in [1.165, 1.54) is 10.9 Å². The lowest BCUT2D eigenvalue weighted by molar-refractivity contribution is 0.374. The third-order valence-electron chi connectivity index (χ3n) is 1.58. The summed E-state index contributed by atoms with van der Waals surface area (Å²) in [5.74, 6) is 0.317. The number of rotatable bonds is 0. The first-order valence-electron chi connectivity index (χ1n) is 3.05. The van der Waals surface area contributed by atoms with Crippen molar-refractivity contribution in [1.29, 1.82) is 5.41 Å². The third kappa shape index (κ3) is 0.418. The van der Waals surface area contributed by atoms with Crippen molar-refractivity contribution < 1.29 is 4.52 Å². The molecule has 0 aliphatic heterocycles. The standard InChI is InChI=1S/C5H3N5O/c6-3-2-4-7-1-10(2)11-5(8-3)9-4/h1H,(H2,6,8,9). The summed E-state index contributed by atoms with van der Waals surface area (Å²) in [5.41, 5.74) is 1.42. The maximum Gasteiger partial charge on any atom is 0.325 e. The Morgan fingerprint density at radius 1 is 1.64 bits per heavy atom. The zero-order chi connectivity index (χ0) is 7.42. The van der Waals surface area contributed by atoms with Gasteiger partial charge in [-0.05, 0) is 0 Å². The Kier molecular flexibility index (Phi) is 0.562. The number of hydrogen-bond acceptors (Lipinski definition) is 4. The summed E-state index contributed by atoms with van der Waals surface area (Å²) in [6.07, 6.45) is 1.51. The average molecular weight is 149 g/mol. The van der Waals surface area contributed by atoms with Crippen LogP contribution in [-0.4, -0.2) is 19.5 Å². The molecule has 2 N–H and O–H groups in total. The maximum absolute atomic E-state index is 7.39. The minimum absolute atomic E-state index is 0.192. The van der Waals surface area contributed by atoms with E-state index in [4.69, 9.17) is 9.93 Å². The highest BCUT2D eigenvalue weighted by Crippen LogP contribution is 2.07. The average Bonchev–Trinajstić information content (AvgIpc) is 2.27. The van der Waals surface area contributed by atoms with Crippen LogP contribution in [0.5, 0.6) is 0 Å². The number of nitrogens with one attached hydrogen (secondary N) is 2. The molecule has 11 heavy (non-hydrogen) atoms. The number of aromatic amines is 1. The molecule has 4 aromatic heterocycles. The fourth-order valence-electron chi connectivity index (χ4n) is 1.13. The van der Waals surface area contributed by atoms with E-state index in [2.05, 4.69) is 15.0 Å². The van der Waals surface area contributed by atoms with Gasteiger partial charge in [-0.2, -0.15) is 9.56 Å². The Labute approximate surface area is 59.3 Å². The van der Waals surface area contributed by atoms with E-state index in [0.29, 0.717) is 17.0 Å². The van der Waals surface area contributed by atoms with Gasteiger partial charge in [-0.25, -0.2) is 4.98 Å². The predicted molar refractivity (Wildman–Crippen MR) is 34.2 cm³/mol. The van der Waals surface area contributed by atoms with Crippen molar-refractivity contribution in [3.05, 3.63) is 11.8 Å². The molecule has 0 saturated heterocycles. The van der Waals surface area contributed by atoms with Crippen LogP contribution in [0.3, 0.4) is 0 Å². The fourth-order valence-corrected chi connectivity index (χ4v) is 1.13. The lowest BCUT2D eigenvalue weighted by Crippen LogP contribution is -2.12. The molecule has 6 heteroatoms. The van der Waals surface area contributed by atoms with Gasteiger partial charge in [0.25, 0.3) is 0 Å². The van der Waals surface area contributed by atoms with Crippen molar-refractivity contribution in [2.75, 3.05) is 0 Å². The van der Waals surface area contributed by atoms with Gasteiger partial charge in [0.2, 0.25) is 0 Å². The topological polar surface area (TPSA) is 83.0 Å². The highest BCUT2D eigenvalue weighted by atomic mass is 16.5. The van der Waals surface area contributed by atoms with Gasteiger partial charge in [-0.1, -0.05) is 0 Å². The highest BCUT2D eigenvalue weighted by Gasteiger charge is 2.09. The van der Waals surface area contributed by atoms with Gasteiger partial charge < -0.3 is 4.52 Å². The maximum atomic E-state index is 7.39. The Morgan fingerprint density at radius 3 is 3.18 bits per heavy atom. The second-order valence-corrected chi connectivity index (χ2v) is 2.25. The smallest absolute Gasteiger partial charge is 0.325 e. The molecule has 6 nitrogen and oxygen atoms in total. The largest absolute Gasteiger partial charge is 0.333 e. The summed E-state index contributed by atoms with van der Waals surface area (Å²) in [7, 11) is 0. The van der Waals surface area contributed by atoms with Crippen molar-refractivity contribution in [3.8, 4) is 0 Å². The van der Waals surface area contributed by atoms with Crippen LogP contribution in [0.4, 0.5) is 0 Å². The summed E-state index contributed by atoms with van der Waals surface area (Å²) in [6.45, 7) is 0. The van der Waals surface area contributed by atoms with Crippen LogP contribution in [0.2, 0.25) is 0 Å². The van der Waals surface area contributed by atoms with Crippen LogP contribution in [0.15, 0.2) is 10.9 Å². The predicted octanol–water partition coefficient (Wildman–Crippen LogP) is -0.279. The molecule has 0 amide bonds. The number of nitrogens with zero attached hydrogens (tertiary/aromatic N) is 3. The second kappa shape index (κ2) is 1.26. The molecule has 4 heterocycles. The zero-order valence-electron chi connectivity index (χ0n) is 5.33. The number of imidazole rings is 1. The van der Waals surface area contributed by atoms with E-state index >= 15 is 0 Å². The van der Waals surface area contributed by atoms with E-state index < -0.39 is 0 Å². The monoisotopic (exact) mass is 149 g/mol. The van der Waals surface area contributed by atoms with Crippen molar-refractivity contribution in [3.63, 3.8) is 0 Å². The van der Waals surface area contributed by atoms with Crippen molar-refractivity contribution in [2.24, 2.45) is 0 Å². The number of fused-ring (bicyclic) bond motifs is 1. The lowest BCUT2D eigenvalue weighted by Gasteiger charge is -1.96. The molecule has 4 bridgehead atoms. The van der Waals surface area contributed by atoms with Gasteiger partial charge in [0.1, 0.15) is 6.33 Å². The molecular formula is C5H3N5O.